The first-order valence-electron chi connectivity index (χ1n) is 5.07. The third-order valence-corrected chi connectivity index (χ3v) is 12.6. The summed E-state index contributed by atoms with van der Waals surface area (Å²) in [6.45, 7) is 0. The van der Waals surface area contributed by atoms with Crippen molar-refractivity contribution < 1.29 is 19.5 Å². The number of benzene rings is 2. The van der Waals surface area contributed by atoms with Crippen molar-refractivity contribution in [1.82, 2.24) is 0 Å². The van der Waals surface area contributed by atoms with Gasteiger partial charge in [0.05, 0.1) is 0 Å². The van der Waals surface area contributed by atoms with E-state index in [4.69, 9.17) is 25.3 Å². The predicted octanol–water partition coefficient (Wildman–Crippen LogP) is 9.28. The molecule has 0 aliphatic carbocycles. The minimum absolute atomic E-state index is 0. The first kappa shape index (κ1) is 26.3. The summed E-state index contributed by atoms with van der Waals surface area (Å²) < 4.78 is 7.55. The summed E-state index contributed by atoms with van der Waals surface area (Å²) in [5.41, 5.74) is 0. The van der Waals surface area contributed by atoms with Crippen LogP contribution < -0.4 is 0 Å². The van der Waals surface area contributed by atoms with Crippen molar-refractivity contribution in [3.63, 3.8) is 0 Å². The van der Waals surface area contributed by atoms with Gasteiger partial charge in [0.15, 0.2) is 0 Å². The van der Waals surface area contributed by atoms with Crippen LogP contribution in [0.3, 0.4) is 0 Å². The van der Waals surface area contributed by atoms with E-state index in [2.05, 4.69) is 127 Å². The Balaban J connectivity index is 0.000000403. The van der Waals surface area contributed by atoms with Crippen LogP contribution in [-0.4, -0.2) is 0 Å². The smallest absolute Gasteiger partial charge is 0.779 e. The monoisotopic (exact) mass is 905 g/mol. The Morgan fingerprint density at radius 1 is 0.478 bits per heavy atom. The molecule has 0 nitrogen and oxygen atoms in total. The van der Waals surface area contributed by atoms with Crippen LogP contribution in [0.5, 0.6) is 0 Å². The second kappa shape index (κ2) is 12.0. The molecule has 2 aromatic carbocycles. The molecule has 0 radical (unpaired) electrons. The second-order valence-electron chi connectivity index (χ2n) is 3.60. The number of hydrogen-bond acceptors (Lipinski definition) is 2. The van der Waals surface area contributed by atoms with Gasteiger partial charge in [0.2, 0.25) is 0 Å². The van der Waals surface area contributed by atoms with Crippen LogP contribution in [0.4, 0.5) is 0 Å². The maximum atomic E-state index is 5.06. The summed E-state index contributed by atoms with van der Waals surface area (Å²) in [7, 11) is 0. The fraction of sp³-hybridized carbons (Fsp3) is 0. The van der Waals surface area contributed by atoms with E-state index in [0.717, 1.165) is 45.6 Å². The number of halogens is 8. The van der Waals surface area contributed by atoms with Gasteiger partial charge < -0.3 is 25.3 Å². The molecule has 0 saturated heterocycles. The number of rotatable bonds is 0. The molecule has 0 unspecified atom stereocenters. The summed E-state index contributed by atoms with van der Waals surface area (Å²) >= 11 is 37.1. The summed E-state index contributed by atoms with van der Waals surface area (Å²) in [6, 6.07) is 3.74. The SMILES string of the molecule is [S-]c1cc(Br)c(Br)c(Br)c1Br.[S-]c1cc(Br)c(Br)c(Br)c1Br.[Zn+2]. The van der Waals surface area contributed by atoms with Gasteiger partial charge in [0, 0.05) is 35.8 Å². The normalized spacial score (nSPS) is 9.74. The quantitative estimate of drug-likeness (QED) is 0.112. The standard InChI is InChI=1S/2C6H2Br4S.Zn/c2*7-2-1-3(11)5(9)6(10)4(2)8;/h2*1,11H;/q;;+2/p-2. The molecule has 0 heterocycles. The second-order valence-corrected chi connectivity index (χ2v) is 10.9. The molecule has 0 atom stereocenters. The van der Waals surface area contributed by atoms with E-state index >= 15 is 0 Å². The Kier molecular flexibility index (Phi) is 13.8. The van der Waals surface area contributed by atoms with E-state index in [0.29, 0.717) is 0 Å². The zero-order chi connectivity index (χ0) is 17.2. The molecule has 0 bridgehead atoms. The van der Waals surface area contributed by atoms with Crippen molar-refractivity contribution in [2.24, 2.45) is 0 Å². The van der Waals surface area contributed by atoms with Crippen LogP contribution in [0, 0.1) is 0 Å². The Bertz CT molecular complexity index is 609. The van der Waals surface area contributed by atoms with Crippen molar-refractivity contribution in [3.8, 4) is 0 Å². The molecule has 23 heavy (non-hydrogen) atoms. The summed E-state index contributed by atoms with van der Waals surface area (Å²) in [5.74, 6) is 0. The summed E-state index contributed by atoms with van der Waals surface area (Å²) in [6.07, 6.45) is 0. The van der Waals surface area contributed by atoms with E-state index in [9.17, 15) is 0 Å². The minimum atomic E-state index is 0. The van der Waals surface area contributed by atoms with Gasteiger partial charge in [-0.2, -0.15) is 9.79 Å². The molecule has 120 valence electrons. The fourth-order valence-corrected chi connectivity index (χ4v) is 6.13. The molecule has 0 aromatic heterocycles. The molecule has 2 aromatic rings. The minimum Gasteiger partial charge on any atom is -0.779 e. The van der Waals surface area contributed by atoms with Crippen LogP contribution in [0.15, 0.2) is 57.7 Å². The largest absolute Gasteiger partial charge is 2.00 e. The van der Waals surface area contributed by atoms with E-state index in [1.165, 1.54) is 0 Å². The molecule has 0 aliphatic rings. The Hall–Kier alpha value is 3.34. The Morgan fingerprint density at radius 2 is 0.739 bits per heavy atom. The zero-order valence-electron chi connectivity index (χ0n) is 10.7. The van der Waals surface area contributed by atoms with E-state index in [1.54, 1.807) is 0 Å². The van der Waals surface area contributed by atoms with Crippen molar-refractivity contribution >= 4 is 153 Å². The molecule has 0 fully saturated rings. The Morgan fingerprint density at radius 3 is 1.00 bits per heavy atom. The van der Waals surface area contributed by atoms with Gasteiger partial charge in [-0.3, -0.25) is 0 Å². The predicted molar refractivity (Wildman–Crippen MR) is 126 cm³/mol. The molecule has 0 saturated carbocycles. The van der Waals surface area contributed by atoms with Gasteiger partial charge in [-0.1, -0.05) is 44.0 Å². The van der Waals surface area contributed by atoms with Crippen molar-refractivity contribution in [2.45, 2.75) is 9.79 Å². The molecule has 11 heteroatoms. The van der Waals surface area contributed by atoms with E-state index < -0.39 is 0 Å². The molecule has 0 spiro atoms. The molecular formula is C12H2Br8S2Zn. The average Bonchev–Trinajstić information content (AvgIpc) is 2.47. The van der Waals surface area contributed by atoms with Crippen molar-refractivity contribution in [1.29, 1.82) is 0 Å². The van der Waals surface area contributed by atoms with Gasteiger partial charge in [-0.15, -0.1) is 0 Å². The third-order valence-electron chi connectivity index (χ3n) is 2.14. The topological polar surface area (TPSA) is 0 Å². The molecule has 0 amide bonds. The van der Waals surface area contributed by atoms with Crippen LogP contribution in [0.1, 0.15) is 0 Å². The number of hydrogen-bond donors (Lipinski definition) is 0. The zero-order valence-corrected chi connectivity index (χ0v) is 28.0. The van der Waals surface area contributed by atoms with Crippen LogP contribution in [0.25, 0.3) is 0 Å². The maximum absolute atomic E-state index is 5.06. The third kappa shape index (κ3) is 7.35. The Labute approximate surface area is 226 Å². The molecular weight excluding hydrogens is 913 g/mol. The maximum Gasteiger partial charge on any atom is 2.00 e. The van der Waals surface area contributed by atoms with Gasteiger partial charge >= 0.3 is 19.5 Å². The molecule has 0 N–H and O–H groups in total. The first-order chi connectivity index (χ1) is 10.1. The van der Waals surface area contributed by atoms with E-state index in [-0.39, 0.29) is 19.5 Å². The van der Waals surface area contributed by atoms with Crippen LogP contribution >= 0.6 is 127 Å². The van der Waals surface area contributed by atoms with Crippen molar-refractivity contribution in [2.75, 3.05) is 0 Å². The summed E-state index contributed by atoms with van der Waals surface area (Å²) in [5, 5.41) is 0. The van der Waals surface area contributed by atoms with Gasteiger partial charge in [0.25, 0.3) is 0 Å². The van der Waals surface area contributed by atoms with Gasteiger partial charge in [-0.05, 0) is 95.6 Å². The average molecular weight is 915 g/mol. The molecule has 0 aliphatic heterocycles. The van der Waals surface area contributed by atoms with Crippen molar-refractivity contribution in [3.05, 3.63) is 47.9 Å². The fourth-order valence-electron chi connectivity index (χ4n) is 1.10. The summed E-state index contributed by atoms with van der Waals surface area (Å²) in [4.78, 5) is 1.57. The van der Waals surface area contributed by atoms with Crippen LogP contribution in [0.2, 0.25) is 0 Å². The van der Waals surface area contributed by atoms with E-state index in [1.807, 2.05) is 12.1 Å². The van der Waals surface area contributed by atoms with Gasteiger partial charge in [-0.25, -0.2) is 0 Å². The van der Waals surface area contributed by atoms with Gasteiger partial charge in [0.1, 0.15) is 0 Å². The first-order valence-corrected chi connectivity index (χ1v) is 12.2. The molecule has 2 rings (SSSR count). The van der Waals surface area contributed by atoms with Crippen LogP contribution in [-0.2, 0) is 44.7 Å².